The van der Waals surface area contributed by atoms with Gasteiger partial charge in [0, 0.05) is 6.54 Å². The van der Waals surface area contributed by atoms with Gasteiger partial charge in [-0.05, 0) is 30.7 Å². The third-order valence-corrected chi connectivity index (χ3v) is 3.18. The molecule has 0 saturated carbocycles. The van der Waals surface area contributed by atoms with Crippen molar-refractivity contribution in [1.82, 2.24) is 5.32 Å². The van der Waals surface area contributed by atoms with E-state index in [9.17, 15) is 8.78 Å². The van der Waals surface area contributed by atoms with E-state index < -0.39 is 6.61 Å². The van der Waals surface area contributed by atoms with Gasteiger partial charge in [-0.15, -0.1) is 0 Å². The second kappa shape index (κ2) is 10.6. The molecule has 0 atom stereocenters. The minimum atomic E-state index is -2.76. The Labute approximate surface area is 120 Å². The van der Waals surface area contributed by atoms with E-state index in [1.165, 1.54) is 38.5 Å². The maximum absolute atomic E-state index is 12.0. The zero-order chi connectivity index (χ0) is 14.6. The molecule has 4 heteroatoms. The molecule has 0 unspecified atom stereocenters. The highest BCUT2D eigenvalue weighted by molar-refractivity contribution is 5.27. The first-order valence-corrected chi connectivity index (χ1v) is 7.47. The largest absolute Gasteiger partial charge is 0.435 e. The van der Waals surface area contributed by atoms with E-state index >= 15 is 0 Å². The van der Waals surface area contributed by atoms with Gasteiger partial charge in [-0.3, -0.25) is 0 Å². The van der Waals surface area contributed by atoms with Crippen molar-refractivity contribution in [2.24, 2.45) is 0 Å². The number of alkyl halides is 2. The highest BCUT2D eigenvalue weighted by Crippen LogP contribution is 2.14. The van der Waals surface area contributed by atoms with Crippen molar-refractivity contribution < 1.29 is 13.5 Å². The Balaban J connectivity index is 2.07. The first-order chi connectivity index (χ1) is 9.72. The Kier molecular flexibility index (Phi) is 8.96. The molecule has 0 radical (unpaired) electrons. The summed E-state index contributed by atoms with van der Waals surface area (Å²) in [5, 5.41) is 3.36. The molecule has 2 nitrogen and oxygen atoms in total. The van der Waals surface area contributed by atoms with Gasteiger partial charge in [-0.25, -0.2) is 0 Å². The van der Waals surface area contributed by atoms with Gasteiger partial charge in [-0.1, -0.05) is 51.2 Å². The monoisotopic (exact) mass is 285 g/mol. The number of hydrogen-bond donors (Lipinski definition) is 1. The Bertz CT molecular complexity index is 341. The van der Waals surface area contributed by atoms with Crippen molar-refractivity contribution in [1.29, 1.82) is 0 Å². The first kappa shape index (κ1) is 16.9. The molecule has 0 fully saturated rings. The van der Waals surface area contributed by atoms with Crippen molar-refractivity contribution in [2.75, 3.05) is 6.54 Å². The van der Waals surface area contributed by atoms with E-state index in [1.54, 1.807) is 12.1 Å². The zero-order valence-electron chi connectivity index (χ0n) is 12.2. The Hall–Kier alpha value is -1.16. The van der Waals surface area contributed by atoms with E-state index in [-0.39, 0.29) is 5.75 Å². The van der Waals surface area contributed by atoms with Gasteiger partial charge >= 0.3 is 6.61 Å². The molecule has 0 amide bonds. The van der Waals surface area contributed by atoms with E-state index in [1.807, 2.05) is 12.1 Å². The topological polar surface area (TPSA) is 21.3 Å². The van der Waals surface area contributed by atoms with Gasteiger partial charge in [0.15, 0.2) is 0 Å². The smallest absolute Gasteiger partial charge is 0.387 e. The van der Waals surface area contributed by atoms with Crippen LogP contribution in [0.15, 0.2) is 24.3 Å². The number of hydrogen-bond acceptors (Lipinski definition) is 2. The van der Waals surface area contributed by atoms with E-state index in [0.717, 1.165) is 18.7 Å². The summed E-state index contributed by atoms with van der Waals surface area (Å²) >= 11 is 0. The van der Waals surface area contributed by atoms with Crippen molar-refractivity contribution in [2.45, 2.75) is 58.6 Å². The molecule has 1 N–H and O–H groups in total. The van der Waals surface area contributed by atoms with Crippen molar-refractivity contribution >= 4 is 0 Å². The lowest BCUT2D eigenvalue weighted by Crippen LogP contribution is -2.14. The molecule has 0 saturated heterocycles. The van der Waals surface area contributed by atoms with Crippen LogP contribution < -0.4 is 10.1 Å². The normalized spacial score (nSPS) is 11.0. The summed E-state index contributed by atoms with van der Waals surface area (Å²) < 4.78 is 28.3. The lowest BCUT2D eigenvalue weighted by molar-refractivity contribution is -0.0498. The molecule has 0 heterocycles. The number of rotatable bonds is 11. The molecular formula is C16H25F2NO. The number of nitrogens with one attached hydrogen (secondary N) is 1. The highest BCUT2D eigenvalue weighted by atomic mass is 19.3. The van der Waals surface area contributed by atoms with Crippen LogP contribution in [-0.4, -0.2) is 13.2 Å². The van der Waals surface area contributed by atoms with Crippen LogP contribution in [0.1, 0.15) is 51.0 Å². The van der Waals surface area contributed by atoms with E-state index in [4.69, 9.17) is 0 Å². The molecular weight excluding hydrogens is 260 g/mol. The number of benzene rings is 1. The Morgan fingerprint density at radius 3 is 2.30 bits per heavy atom. The summed E-state index contributed by atoms with van der Waals surface area (Å²) in [7, 11) is 0. The second-order valence-electron chi connectivity index (χ2n) is 4.97. The van der Waals surface area contributed by atoms with Crippen LogP contribution in [0.5, 0.6) is 5.75 Å². The molecule has 1 rings (SSSR count). The Morgan fingerprint density at radius 1 is 1.00 bits per heavy atom. The number of halogens is 2. The van der Waals surface area contributed by atoms with Crippen LogP contribution in [0, 0.1) is 0 Å². The van der Waals surface area contributed by atoms with Gasteiger partial charge in [0.1, 0.15) is 5.75 Å². The molecule has 0 aromatic heterocycles. The predicted molar refractivity (Wildman–Crippen MR) is 78.2 cm³/mol. The van der Waals surface area contributed by atoms with Gasteiger partial charge in [0.25, 0.3) is 0 Å². The van der Waals surface area contributed by atoms with Gasteiger partial charge < -0.3 is 10.1 Å². The quantitative estimate of drug-likeness (QED) is 0.593. The maximum Gasteiger partial charge on any atom is 0.387 e. The van der Waals surface area contributed by atoms with Crippen LogP contribution in [0.4, 0.5) is 8.78 Å². The molecule has 0 aliphatic heterocycles. The van der Waals surface area contributed by atoms with Crippen LogP contribution in [0.3, 0.4) is 0 Å². The minimum absolute atomic E-state index is 0.208. The van der Waals surface area contributed by atoms with Gasteiger partial charge in [0.2, 0.25) is 0 Å². The third-order valence-electron chi connectivity index (χ3n) is 3.18. The summed E-state index contributed by atoms with van der Waals surface area (Å²) in [6.45, 7) is 1.23. The molecule has 0 bridgehead atoms. The van der Waals surface area contributed by atoms with Crippen molar-refractivity contribution in [3.63, 3.8) is 0 Å². The lowest BCUT2D eigenvalue weighted by atomic mass is 10.1. The lowest BCUT2D eigenvalue weighted by Gasteiger charge is -2.07. The van der Waals surface area contributed by atoms with Crippen LogP contribution >= 0.6 is 0 Å². The maximum atomic E-state index is 12.0. The average molecular weight is 285 g/mol. The molecule has 1 aromatic carbocycles. The second-order valence-corrected chi connectivity index (χ2v) is 4.97. The summed E-state index contributed by atoms with van der Waals surface area (Å²) in [4.78, 5) is 0. The summed E-state index contributed by atoms with van der Waals surface area (Å²) in [6.07, 6.45) is 7.73. The fraction of sp³-hybridized carbons (Fsp3) is 0.625. The van der Waals surface area contributed by atoms with Crippen LogP contribution in [0.25, 0.3) is 0 Å². The van der Waals surface area contributed by atoms with Crippen LogP contribution in [0.2, 0.25) is 0 Å². The number of unbranched alkanes of at least 4 members (excludes halogenated alkanes) is 5. The highest BCUT2D eigenvalue weighted by Gasteiger charge is 2.03. The van der Waals surface area contributed by atoms with Gasteiger partial charge in [-0.2, -0.15) is 8.78 Å². The van der Waals surface area contributed by atoms with Crippen molar-refractivity contribution in [3.05, 3.63) is 29.8 Å². The SMILES string of the molecule is CCCCCCCCNCc1ccc(OC(F)F)cc1. The number of ether oxygens (including phenoxy) is 1. The third kappa shape index (κ3) is 8.10. The van der Waals surface area contributed by atoms with E-state index in [0.29, 0.717) is 0 Å². The molecule has 114 valence electrons. The molecule has 1 aromatic rings. The summed E-state index contributed by atoms with van der Waals surface area (Å²) in [6, 6.07) is 6.78. The fourth-order valence-corrected chi connectivity index (χ4v) is 2.05. The average Bonchev–Trinajstić information content (AvgIpc) is 2.43. The standard InChI is InChI=1S/C16H25F2NO/c1-2-3-4-5-6-7-12-19-13-14-8-10-15(11-9-14)20-16(17)18/h8-11,16,19H,2-7,12-13H2,1H3. The minimum Gasteiger partial charge on any atom is -0.435 e. The van der Waals surface area contributed by atoms with E-state index in [2.05, 4.69) is 17.0 Å². The molecule has 0 aliphatic rings. The Morgan fingerprint density at radius 2 is 1.65 bits per heavy atom. The van der Waals surface area contributed by atoms with Gasteiger partial charge in [0.05, 0.1) is 0 Å². The van der Waals surface area contributed by atoms with Crippen molar-refractivity contribution in [3.8, 4) is 5.75 Å². The summed E-state index contributed by atoms with van der Waals surface area (Å²) in [5.74, 6) is 0.208. The predicted octanol–water partition coefficient (Wildman–Crippen LogP) is 4.74. The van der Waals surface area contributed by atoms with Crippen LogP contribution in [-0.2, 0) is 6.54 Å². The zero-order valence-corrected chi connectivity index (χ0v) is 12.2. The molecule has 20 heavy (non-hydrogen) atoms. The summed E-state index contributed by atoms with van der Waals surface area (Å²) in [5.41, 5.74) is 1.08. The fourth-order valence-electron chi connectivity index (χ4n) is 2.05. The first-order valence-electron chi connectivity index (χ1n) is 7.47. The molecule has 0 spiro atoms. The molecule has 0 aliphatic carbocycles.